The molecular formula is C14H17N3O2. The molecule has 2 N–H and O–H groups in total. The second-order valence-electron chi connectivity index (χ2n) is 4.23. The van der Waals surface area contributed by atoms with Crippen LogP contribution in [0.15, 0.2) is 36.8 Å². The van der Waals surface area contributed by atoms with Gasteiger partial charge in [-0.3, -0.25) is 0 Å². The zero-order valence-corrected chi connectivity index (χ0v) is 11.0. The van der Waals surface area contributed by atoms with Crippen LogP contribution in [0.2, 0.25) is 0 Å². The van der Waals surface area contributed by atoms with Crippen molar-refractivity contribution in [3.8, 4) is 11.5 Å². The molecule has 19 heavy (non-hydrogen) atoms. The summed E-state index contributed by atoms with van der Waals surface area (Å²) in [6.07, 6.45) is 3.22. The summed E-state index contributed by atoms with van der Waals surface area (Å²) in [7, 11) is 1.61. The lowest BCUT2D eigenvalue weighted by molar-refractivity contribution is 0.407. The monoisotopic (exact) mass is 259 g/mol. The fourth-order valence-electron chi connectivity index (χ4n) is 1.80. The predicted octanol–water partition coefficient (Wildman–Crippen LogP) is 2.04. The molecule has 1 unspecified atom stereocenters. The topological polar surface area (TPSA) is 67.3 Å². The first-order valence-corrected chi connectivity index (χ1v) is 6.06. The number of benzene rings is 1. The Bertz CT molecular complexity index is 531. The molecule has 5 heteroatoms. The van der Waals surface area contributed by atoms with Gasteiger partial charge < -0.3 is 15.2 Å². The van der Waals surface area contributed by atoms with Crippen LogP contribution in [0.5, 0.6) is 11.5 Å². The standard InChI is InChI=1S/C14H17N3O2/c1-10(16-8-11-5-6-15-9-17-11)13-7-12(19-2)3-4-14(13)18/h3-7,9-10,16,18H,8H2,1-2H3. The largest absolute Gasteiger partial charge is 0.508 e. The van der Waals surface area contributed by atoms with Gasteiger partial charge in [0.25, 0.3) is 0 Å². The smallest absolute Gasteiger partial charge is 0.120 e. The predicted molar refractivity (Wildman–Crippen MR) is 71.9 cm³/mol. The van der Waals surface area contributed by atoms with Gasteiger partial charge in [-0.25, -0.2) is 9.97 Å². The lowest BCUT2D eigenvalue weighted by atomic mass is 10.1. The molecular weight excluding hydrogens is 242 g/mol. The number of phenols is 1. The molecule has 0 spiro atoms. The molecule has 0 bridgehead atoms. The summed E-state index contributed by atoms with van der Waals surface area (Å²) in [6, 6.07) is 7.04. The van der Waals surface area contributed by atoms with Crippen LogP contribution < -0.4 is 10.1 Å². The molecule has 0 amide bonds. The average Bonchev–Trinajstić information content (AvgIpc) is 2.46. The van der Waals surface area contributed by atoms with Crippen LogP contribution >= 0.6 is 0 Å². The molecule has 5 nitrogen and oxygen atoms in total. The Balaban J connectivity index is 2.05. The van der Waals surface area contributed by atoms with Crippen molar-refractivity contribution >= 4 is 0 Å². The van der Waals surface area contributed by atoms with E-state index in [2.05, 4.69) is 15.3 Å². The lowest BCUT2D eigenvalue weighted by Gasteiger charge is -2.16. The number of nitrogens with zero attached hydrogens (tertiary/aromatic N) is 2. The van der Waals surface area contributed by atoms with Gasteiger partial charge >= 0.3 is 0 Å². The van der Waals surface area contributed by atoms with Gasteiger partial charge in [-0.05, 0) is 31.2 Å². The van der Waals surface area contributed by atoms with Crippen LogP contribution in [-0.4, -0.2) is 22.2 Å². The number of aromatic nitrogens is 2. The third-order valence-corrected chi connectivity index (χ3v) is 2.93. The first-order valence-electron chi connectivity index (χ1n) is 6.06. The maximum atomic E-state index is 9.88. The second kappa shape index (κ2) is 6.15. The highest BCUT2D eigenvalue weighted by Crippen LogP contribution is 2.28. The Labute approximate surface area is 112 Å². The summed E-state index contributed by atoms with van der Waals surface area (Å²) >= 11 is 0. The minimum Gasteiger partial charge on any atom is -0.508 e. The summed E-state index contributed by atoms with van der Waals surface area (Å²) < 4.78 is 5.16. The van der Waals surface area contributed by atoms with Crippen LogP contribution in [0.4, 0.5) is 0 Å². The quantitative estimate of drug-likeness (QED) is 0.860. The molecule has 1 aromatic carbocycles. The Hall–Kier alpha value is -2.14. The number of methoxy groups -OCH3 is 1. The van der Waals surface area contributed by atoms with E-state index in [0.29, 0.717) is 6.54 Å². The maximum Gasteiger partial charge on any atom is 0.120 e. The first-order chi connectivity index (χ1) is 9.20. The molecule has 1 atom stereocenters. The zero-order valence-electron chi connectivity index (χ0n) is 11.0. The van der Waals surface area contributed by atoms with Gasteiger partial charge in [0.2, 0.25) is 0 Å². The Morgan fingerprint density at radius 1 is 1.37 bits per heavy atom. The Kier molecular flexibility index (Phi) is 4.30. The third-order valence-electron chi connectivity index (χ3n) is 2.93. The summed E-state index contributed by atoms with van der Waals surface area (Å²) in [5.74, 6) is 0.979. The van der Waals surface area contributed by atoms with Crippen molar-refractivity contribution in [3.05, 3.63) is 48.0 Å². The van der Waals surface area contributed by atoms with E-state index in [9.17, 15) is 5.11 Å². The van der Waals surface area contributed by atoms with Crippen LogP contribution in [0, 0.1) is 0 Å². The molecule has 0 fully saturated rings. The SMILES string of the molecule is COc1ccc(O)c(C(C)NCc2ccncn2)c1. The number of rotatable bonds is 5. The number of hydrogen-bond acceptors (Lipinski definition) is 5. The van der Waals surface area contributed by atoms with Gasteiger partial charge in [-0.1, -0.05) is 0 Å². The average molecular weight is 259 g/mol. The highest BCUT2D eigenvalue weighted by atomic mass is 16.5. The fraction of sp³-hybridized carbons (Fsp3) is 0.286. The zero-order chi connectivity index (χ0) is 13.7. The molecule has 0 aliphatic carbocycles. The molecule has 1 heterocycles. The van der Waals surface area contributed by atoms with E-state index in [1.807, 2.05) is 19.1 Å². The number of ether oxygens (including phenoxy) is 1. The van der Waals surface area contributed by atoms with E-state index >= 15 is 0 Å². The second-order valence-corrected chi connectivity index (χ2v) is 4.23. The fourth-order valence-corrected chi connectivity index (χ4v) is 1.80. The van der Waals surface area contributed by atoms with Crippen molar-refractivity contribution in [2.75, 3.05) is 7.11 Å². The van der Waals surface area contributed by atoms with Crippen molar-refractivity contribution in [3.63, 3.8) is 0 Å². The highest BCUT2D eigenvalue weighted by molar-refractivity contribution is 5.41. The Morgan fingerprint density at radius 3 is 2.89 bits per heavy atom. The van der Waals surface area contributed by atoms with E-state index in [1.54, 1.807) is 25.4 Å². The van der Waals surface area contributed by atoms with Gasteiger partial charge in [-0.2, -0.15) is 0 Å². The minimum atomic E-state index is -0.00920. The van der Waals surface area contributed by atoms with Gasteiger partial charge in [-0.15, -0.1) is 0 Å². The molecule has 1 aromatic heterocycles. The third kappa shape index (κ3) is 3.42. The van der Waals surface area contributed by atoms with Crippen molar-refractivity contribution in [2.45, 2.75) is 19.5 Å². The van der Waals surface area contributed by atoms with Crippen molar-refractivity contribution in [1.82, 2.24) is 15.3 Å². The summed E-state index contributed by atoms with van der Waals surface area (Å²) in [6.45, 7) is 2.59. The van der Waals surface area contributed by atoms with Crippen molar-refractivity contribution in [1.29, 1.82) is 0 Å². The molecule has 0 saturated carbocycles. The van der Waals surface area contributed by atoms with Crippen LogP contribution in [-0.2, 0) is 6.54 Å². The minimum absolute atomic E-state index is 0.00920. The van der Waals surface area contributed by atoms with Gasteiger partial charge in [0.15, 0.2) is 0 Å². The molecule has 0 aliphatic rings. The molecule has 2 rings (SSSR count). The number of nitrogens with one attached hydrogen (secondary N) is 1. The molecule has 2 aromatic rings. The van der Waals surface area contributed by atoms with E-state index < -0.39 is 0 Å². The maximum absolute atomic E-state index is 9.88. The van der Waals surface area contributed by atoms with Gasteiger partial charge in [0.05, 0.1) is 12.8 Å². The number of hydrogen-bond donors (Lipinski definition) is 2. The summed E-state index contributed by atoms with van der Waals surface area (Å²) in [4.78, 5) is 8.01. The number of aromatic hydroxyl groups is 1. The molecule has 0 aliphatic heterocycles. The van der Waals surface area contributed by atoms with E-state index in [0.717, 1.165) is 17.0 Å². The summed E-state index contributed by atoms with van der Waals surface area (Å²) in [5.41, 5.74) is 1.71. The van der Waals surface area contributed by atoms with E-state index in [4.69, 9.17) is 4.74 Å². The van der Waals surface area contributed by atoms with Gasteiger partial charge in [0.1, 0.15) is 17.8 Å². The molecule has 100 valence electrons. The van der Waals surface area contributed by atoms with Crippen LogP contribution in [0.25, 0.3) is 0 Å². The Morgan fingerprint density at radius 2 is 2.21 bits per heavy atom. The van der Waals surface area contributed by atoms with Gasteiger partial charge in [0, 0.05) is 24.3 Å². The van der Waals surface area contributed by atoms with E-state index in [1.165, 1.54) is 6.33 Å². The number of phenolic OH excluding ortho intramolecular Hbond substituents is 1. The highest BCUT2D eigenvalue weighted by Gasteiger charge is 2.11. The summed E-state index contributed by atoms with van der Waals surface area (Å²) in [5, 5.41) is 13.2. The lowest BCUT2D eigenvalue weighted by Crippen LogP contribution is -2.19. The molecule has 0 radical (unpaired) electrons. The van der Waals surface area contributed by atoms with Crippen LogP contribution in [0.3, 0.4) is 0 Å². The first kappa shape index (κ1) is 13.3. The normalized spacial score (nSPS) is 12.1. The van der Waals surface area contributed by atoms with E-state index in [-0.39, 0.29) is 11.8 Å². The van der Waals surface area contributed by atoms with Crippen molar-refractivity contribution in [2.24, 2.45) is 0 Å². The molecule has 0 saturated heterocycles. The van der Waals surface area contributed by atoms with Crippen molar-refractivity contribution < 1.29 is 9.84 Å². The van der Waals surface area contributed by atoms with Crippen LogP contribution in [0.1, 0.15) is 24.2 Å².